The average molecular weight is 288 g/mol. The van der Waals surface area contributed by atoms with Crippen LogP contribution in [-0.4, -0.2) is 18.0 Å². The largest absolute Gasteiger partial charge is 0.304 e. The summed E-state index contributed by atoms with van der Waals surface area (Å²) < 4.78 is 28.2. The Labute approximate surface area is 118 Å². The molecule has 0 amide bonds. The maximum absolute atomic E-state index is 14.1. The number of halogens is 3. The summed E-state index contributed by atoms with van der Waals surface area (Å²) in [5, 5.41) is 3.04. The Balaban J connectivity index is 2.00. The first-order chi connectivity index (χ1) is 9.08. The number of nitrogens with one attached hydrogen (secondary N) is 1. The molecule has 1 aliphatic rings. The van der Waals surface area contributed by atoms with Gasteiger partial charge in [-0.2, -0.15) is 8.78 Å². The molecule has 1 nitrogen and oxygen atoms in total. The van der Waals surface area contributed by atoms with Crippen LogP contribution in [0.1, 0.15) is 37.7 Å². The highest BCUT2D eigenvalue weighted by atomic mass is 35.5. The SMILES string of the molecule is FC(F)(CNC1(CCl)CCCCC1)c1ccccc1. The van der Waals surface area contributed by atoms with Crippen LogP contribution in [-0.2, 0) is 5.92 Å². The number of hydrogen-bond acceptors (Lipinski definition) is 1. The Bertz CT molecular complexity index is 388. The van der Waals surface area contributed by atoms with Crippen LogP contribution in [0.5, 0.6) is 0 Å². The van der Waals surface area contributed by atoms with Crippen LogP contribution in [0.15, 0.2) is 30.3 Å². The molecule has 106 valence electrons. The van der Waals surface area contributed by atoms with E-state index >= 15 is 0 Å². The molecule has 1 aliphatic carbocycles. The van der Waals surface area contributed by atoms with Gasteiger partial charge in [0.15, 0.2) is 0 Å². The Morgan fingerprint density at radius 2 is 1.74 bits per heavy atom. The molecule has 0 aromatic heterocycles. The van der Waals surface area contributed by atoms with Gasteiger partial charge in [-0.05, 0) is 12.8 Å². The molecule has 0 aliphatic heterocycles. The minimum Gasteiger partial charge on any atom is -0.304 e. The van der Waals surface area contributed by atoms with Crippen molar-refractivity contribution in [2.75, 3.05) is 12.4 Å². The van der Waals surface area contributed by atoms with Crippen molar-refractivity contribution in [3.05, 3.63) is 35.9 Å². The second-order valence-electron chi connectivity index (χ2n) is 5.40. The van der Waals surface area contributed by atoms with Crippen LogP contribution in [0.2, 0.25) is 0 Å². The van der Waals surface area contributed by atoms with Gasteiger partial charge in [-0.25, -0.2) is 0 Å². The van der Waals surface area contributed by atoms with Gasteiger partial charge in [0, 0.05) is 17.0 Å². The van der Waals surface area contributed by atoms with Crippen molar-refractivity contribution in [2.45, 2.75) is 43.6 Å². The first kappa shape index (κ1) is 14.7. The van der Waals surface area contributed by atoms with Gasteiger partial charge in [-0.1, -0.05) is 49.6 Å². The van der Waals surface area contributed by atoms with Gasteiger partial charge in [0.1, 0.15) is 0 Å². The molecule has 4 heteroatoms. The molecule has 1 N–H and O–H groups in total. The van der Waals surface area contributed by atoms with Crippen LogP contribution in [0, 0.1) is 0 Å². The molecule has 1 saturated carbocycles. The van der Waals surface area contributed by atoms with Gasteiger partial charge in [-0.15, -0.1) is 11.6 Å². The maximum Gasteiger partial charge on any atom is 0.285 e. The summed E-state index contributed by atoms with van der Waals surface area (Å²) in [6, 6.07) is 7.96. The third-order valence-electron chi connectivity index (χ3n) is 3.95. The first-order valence-electron chi connectivity index (χ1n) is 6.82. The lowest BCUT2D eigenvalue weighted by Gasteiger charge is -2.37. The first-order valence-corrected chi connectivity index (χ1v) is 7.36. The normalized spacial score (nSPS) is 19.3. The molecule has 0 atom stereocenters. The zero-order valence-electron chi connectivity index (χ0n) is 11.0. The fourth-order valence-electron chi connectivity index (χ4n) is 2.67. The number of hydrogen-bond donors (Lipinski definition) is 1. The van der Waals surface area contributed by atoms with E-state index < -0.39 is 5.92 Å². The Morgan fingerprint density at radius 3 is 2.32 bits per heavy atom. The molecule has 0 bridgehead atoms. The summed E-state index contributed by atoms with van der Waals surface area (Å²) >= 11 is 6.00. The molecule has 1 aromatic rings. The smallest absolute Gasteiger partial charge is 0.285 e. The van der Waals surface area contributed by atoms with Crippen molar-refractivity contribution >= 4 is 11.6 Å². The molecule has 1 aromatic carbocycles. The highest BCUT2D eigenvalue weighted by Gasteiger charge is 2.37. The topological polar surface area (TPSA) is 12.0 Å². The van der Waals surface area contributed by atoms with Crippen LogP contribution in [0.25, 0.3) is 0 Å². The predicted octanol–water partition coefficient (Wildman–Crippen LogP) is 4.31. The van der Waals surface area contributed by atoms with E-state index in [-0.39, 0.29) is 17.6 Å². The summed E-state index contributed by atoms with van der Waals surface area (Å²) in [6.45, 7) is -0.344. The molecule has 0 radical (unpaired) electrons. The van der Waals surface area contributed by atoms with E-state index in [2.05, 4.69) is 5.32 Å². The van der Waals surface area contributed by atoms with Gasteiger partial charge in [-0.3, -0.25) is 0 Å². The summed E-state index contributed by atoms with van der Waals surface area (Å²) in [5.41, 5.74) is -0.249. The third kappa shape index (κ3) is 3.67. The van der Waals surface area contributed by atoms with Crippen molar-refractivity contribution in [1.82, 2.24) is 5.32 Å². The number of rotatable bonds is 5. The molecule has 0 spiro atoms. The molecule has 1 fully saturated rings. The molecule has 0 saturated heterocycles. The van der Waals surface area contributed by atoms with E-state index in [9.17, 15) is 8.78 Å². The van der Waals surface area contributed by atoms with Crippen LogP contribution < -0.4 is 5.32 Å². The minimum atomic E-state index is -2.85. The van der Waals surface area contributed by atoms with E-state index in [1.165, 1.54) is 18.6 Å². The maximum atomic E-state index is 14.1. The number of benzene rings is 1. The lowest BCUT2D eigenvalue weighted by molar-refractivity contribution is -0.0122. The fraction of sp³-hybridized carbons (Fsp3) is 0.600. The van der Waals surface area contributed by atoms with E-state index in [1.807, 2.05) is 0 Å². The quantitative estimate of drug-likeness (QED) is 0.796. The van der Waals surface area contributed by atoms with Gasteiger partial charge in [0.2, 0.25) is 0 Å². The average Bonchev–Trinajstić information content (AvgIpc) is 2.47. The van der Waals surface area contributed by atoms with Crippen molar-refractivity contribution in [3.8, 4) is 0 Å². The van der Waals surface area contributed by atoms with E-state index in [1.54, 1.807) is 18.2 Å². The third-order valence-corrected chi connectivity index (χ3v) is 4.46. The molecule has 0 unspecified atom stereocenters. The van der Waals surface area contributed by atoms with E-state index in [0.29, 0.717) is 5.88 Å². The highest BCUT2D eigenvalue weighted by molar-refractivity contribution is 6.18. The van der Waals surface area contributed by atoms with Crippen molar-refractivity contribution < 1.29 is 8.78 Å². The lowest BCUT2D eigenvalue weighted by Crippen LogP contribution is -2.51. The van der Waals surface area contributed by atoms with Crippen molar-refractivity contribution in [2.24, 2.45) is 0 Å². The van der Waals surface area contributed by atoms with Crippen LogP contribution >= 0.6 is 11.6 Å². The summed E-state index contributed by atoms with van der Waals surface area (Å²) in [5.74, 6) is -2.45. The van der Waals surface area contributed by atoms with Crippen LogP contribution in [0.4, 0.5) is 8.78 Å². The fourth-order valence-corrected chi connectivity index (χ4v) is 3.03. The molecule has 2 rings (SSSR count). The van der Waals surface area contributed by atoms with Gasteiger partial charge >= 0.3 is 0 Å². The molecular formula is C15H20ClF2N. The van der Waals surface area contributed by atoms with Gasteiger partial charge in [0.05, 0.1) is 6.54 Å². The van der Waals surface area contributed by atoms with Crippen molar-refractivity contribution in [3.63, 3.8) is 0 Å². The Hall–Kier alpha value is -0.670. The zero-order chi connectivity index (χ0) is 13.8. The van der Waals surface area contributed by atoms with E-state index in [4.69, 9.17) is 11.6 Å². The number of alkyl halides is 3. The molecular weight excluding hydrogens is 268 g/mol. The van der Waals surface area contributed by atoms with Crippen LogP contribution in [0.3, 0.4) is 0 Å². The second kappa shape index (κ2) is 6.19. The predicted molar refractivity (Wildman–Crippen MR) is 74.9 cm³/mol. The standard InChI is InChI=1S/C15H20ClF2N/c16-11-14(9-5-2-6-10-14)19-12-15(17,18)13-7-3-1-4-8-13/h1,3-4,7-8,19H,2,5-6,9-12H2. The van der Waals surface area contributed by atoms with E-state index in [0.717, 1.165) is 25.7 Å². The van der Waals surface area contributed by atoms with Crippen molar-refractivity contribution in [1.29, 1.82) is 0 Å². The summed E-state index contributed by atoms with van der Waals surface area (Å²) in [6.07, 6.45) is 5.09. The minimum absolute atomic E-state index is 0.0584. The summed E-state index contributed by atoms with van der Waals surface area (Å²) in [4.78, 5) is 0. The van der Waals surface area contributed by atoms with Gasteiger partial charge < -0.3 is 5.32 Å². The Kier molecular flexibility index (Phi) is 4.80. The summed E-state index contributed by atoms with van der Waals surface area (Å²) in [7, 11) is 0. The molecule has 0 heterocycles. The van der Waals surface area contributed by atoms with Gasteiger partial charge in [0.25, 0.3) is 5.92 Å². The molecule has 19 heavy (non-hydrogen) atoms. The highest BCUT2D eigenvalue weighted by Crippen LogP contribution is 2.32. The Morgan fingerprint density at radius 1 is 1.11 bits per heavy atom. The lowest BCUT2D eigenvalue weighted by atomic mass is 9.83. The monoisotopic (exact) mass is 287 g/mol. The zero-order valence-corrected chi connectivity index (χ0v) is 11.7. The second-order valence-corrected chi connectivity index (χ2v) is 5.67.